The summed E-state index contributed by atoms with van der Waals surface area (Å²) in [5.74, 6) is -0.366. The number of hydrogen-bond acceptors (Lipinski definition) is 5. The van der Waals surface area contributed by atoms with E-state index in [1.165, 1.54) is 11.6 Å². The number of amides is 1. The topological polar surface area (TPSA) is 71.8 Å². The predicted octanol–water partition coefficient (Wildman–Crippen LogP) is 4.32. The van der Waals surface area contributed by atoms with Crippen LogP contribution in [0.5, 0.6) is 0 Å². The van der Waals surface area contributed by atoms with Crippen LogP contribution in [0.15, 0.2) is 63.8 Å². The Bertz CT molecular complexity index is 1150. The van der Waals surface area contributed by atoms with Gasteiger partial charge in [0.05, 0.1) is 24.6 Å². The van der Waals surface area contributed by atoms with Crippen molar-refractivity contribution in [2.75, 3.05) is 32.8 Å². The number of hydrogen-bond donors (Lipinski definition) is 1. The van der Waals surface area contributed by atoms with Gasteiger partial charge < -0.3 is 14.5 Å². The fourth-order valence-corrected chi connectivity index (χ4v) is 4.04. The third-order valence-electron chi connectivity index (χ3n) is 5.96. The maximum Gasteiger partial charge on any atom is 0.287 e. The third-order valence-corrected chi connectivity index (χ3v) is 5.96. The van der Waals surface area contributed by atoms with Gasteiger partial charge in [-0.3, -0.25) is 14.5 Å². The Morgan fingerprint density at radius 1 is 1.06 bits per heavy atom. The van der Waals surface area contributed by atoms with Crippen molar-refractivity contribution in [1.29, 1.82) is 0 Å². The monoisotopic (exact) mass is 470 g/mol. The molecule has 2 heterocycles. The summed E-state index contributed by atoms with van der Waals surface area (Å²) in [6.07, 6.45) is 0. The van der Waals surface area contributed by atoms with E-state index in [-0.39, 0.29) is 35.1 Å². The van der Waals surface area contributed by atoms with Crippen LogP contribution < -0.4 is 10.7 Å². The summed E-state index contributed by atoms with van der Waals surface area (Å²) in [5.41, 5.74) is 2.67. The minimum Gasteiger partial charge on any atom is -0.451 e. The van der Waals surface area contributed by atoms with Gasteiger partial charge in [0.15, 0.2) is 11.2 Å². The van der Waals surface area contributed by atoms with E-state index in [1.54, 1.807) is 24.3 Å². The Balaban J connectivity index is 0.00000306. The van der Waals surface area contributed by atoms with Gasteiger partial charge in [-0.15, -0.1) is 12.4 Å². The molecule has 1 amide bonds. The number of carbonyl (C=O) groups is 1. The lowest BCUT2D eigenvalue weighted by atomic mass is 9.86. The summed E-state index contributed by atoms with van der Waals surface area (Å²) >= 11 is 0. The van der Waals surface area contributed by atoms with Crippen molar-refractivity contribution < 1.29 is 13.9 Å². The van der Waals surface area contributed by atoms with E-state index in [1.807, 2.05) is 0 Å². The van der Waals surface area contributed by atoms with Crippen molar-refractivity contribution in [3.8, 4) is 0 Å². The average molecular weight is 471 g/mol. The lowest BCUT2D eigenvalue weighted by molar-refractivity contribution is 0.0161. The number of benzene rings is 2. The molecule has 1 fully saturated rings. The molecule has 176 valence electrons. The van der Waals surface area contributed by atoms with Crippen LogP contribution in [0.25, 0.3) is 11.0 Å². The largest absolute Gasteiger partial charge is 0.451 e. The van der Waals surface area contributed by atoms with E-state index in [0.29, 0.717) is 30.7 Å². The smallest absolute Gasteiger partial charge is 0.287 e. The molecule has 1 aliphatic heterocycles. The van der Waals surface area contributed by atoms with E-state index >= 15 is 0 Å². The molecule has 2 aromatic carbocycles. The molecule has 1 saturated heterocycles. The number of para-hydroxylation sites is 1. The van der Waals surface area contributed by atoms with E-state index < -0.39 is 5.91 Å². The van der Waals surface area contributed by atoms with Crippen molar-refractivity contribution in [2.45, 2.75) is 32.2 Å². The van der Waals surface area contributed by atoms with Gasteiger partial charge in [0.1, 0.15) is 5.58 Å². The van der Waals surface area contributed by atoms with E-state index in [0.717, 1.165) is 18.7 Å². The maximum atomic E-state index is 12.9. The zero-order valence-electron chi connectivity index (χ0n) is 19.3. The van der Waals surface area contributed by atoms with Crippen molar-refractivity contribution in [2.24, 2.45) is 0 Å². The van der Waals surface area contributed by atoms with Gasteiger partial charge in [0.2, 0.25) is 0 Å². The number of morpholine rings is 1. The first-order valence-corrected chi connectivity index (χ1v) is 11.1. The number of carbonyl (C=O) groups excluding carboxylic acids is 1. The van der Waals surface area contributed by atoms with Crippen LogP contribution in [-0.2, 0) is 10.2 Å². The first-order valence-electron chi connectivity index (χ1n) is 11.1. The van der Waals surface area contributed by atoms with Crippen molar-refractivity contribution in [3.05, 3.63) is 81.7 Å². The molecular formula is C26H31ClN2O4. The molecule has 33 heavy (non-hydrogen) atoms. The quantitative estimate of drug-likeness (QED) is 0.601. The highest BCUT2D eigenvalue weighted by atomic mass is 35.5. The molecule has 6 nitrogen and oxygen atoms in total. The number of fused-ring (bicyclic) bond motifs is 1. The second-order valence-electron chi connectivity index (χ2n) is 9.22. The van der Waals surface area contributed by atoms with E-state index in [4.69, 9.17) is 9.15 Å². The van der Waals surface area contributed by atoms with Crippen LogP contribution in [-0.4, -0.2) is 43.7 Å². The molecule has 1 aromatic heterocycles. The van der Waals surface area contributed by atoms with Crippen LogP contribution in [0.4, 0.5) is 0 Å². The molecule has 0 bridgehead atoms. The molecule has 1 N–H and O–H groups in total. The van der Waals surface area contributed by atoms with Crippen molar-refractivity contribution in [3.63, 3.8) is 0 Å². The van der Waals surface area contributed by atoms with Crippen LogP contribution >= 0.6 is 12.4 Å². The standard InChI is InChI=1S/C26H30N2O4.ClH/c1-26(2,3)19-10-8-18(9-11-19)21(28-12-14-31-15-13-28)17-27-25(30)24-16-22(29)20-6-4-5-7-23(20)32-24;/h4-11,16,21H,12-15,17H2,1-3H3,(H,27,30);1H. The van der Waals surface area contributed by atoms with E-state index in [9.17, 15) is 9.59 Å². The Hall–Kier alpha value is -2.67. The lowest BCUT2D eigenvalue weighted by Crippen LogP contribution is -2.43. The highest BCUT2D eigenvalue weighted by Gasteiger charge is 2.25. The van der Waals surface area contributed by atoms with Gasteiger partial charge >= 0.3 is 0 Å². The normalized spacial score (nSPS) is 15.6. The second kappa shape index (κ2) is 10.5. The van der Waals surface area contributed by atoms with Crippen LogP contribution in [0.1, 0.15) is 48.5 Å². The Labute approximate surface area is 200 Å². The van der Waals surface area contributed by atoms with Gasteiger partial charge in [-0.25, -0.2) is 0 Å². The summed E-state index contributed by atoms with van der Waals surface area (Å²) in [6, 6.07) is 16.8. The Morgan fingerprint density at radius 3 is 2.39 bits per heavy atom. The molecule has 0 spiro atoms. The highest BCUT2D eigenvalue weighted by Crippen LogP contribution is 2.26. The molecule has 3 aromatic rings. The SMILES string of the molecule is CC(C)(C)c1ccc(C(CNC(=O)c2cc(=O)c3ccccc3o2)N2CCOCC2)cc1.Cl. The zero-order valence-corrected chi connectivity index (χ0v) is 20.1. The molecule has 0 radical (unpaired) electrons. The number of nitrogens with zero attached hydrogens (tertiary/aromatic N) is 1. The summed E-state index contributed by atoms with van der Waals surface area (Å²) in [7, 11) is 0. The Kier molecular flexibility index (Phi) is 7.95. The Morgan fingerprint density at radius 2 is 1.73 bits per heavy atom. The summed E-state index contributed by atoms with van der Waals surface area (Å²) in [4.78, 5) is 27.5. The number of halogens is 1. The average Bonchev–Trinajstić information content (AvgIpc) is 2.79. The van der Waals surface area contributed by atoms with Gasteiger partial charge in [-0.2, -0.15) is 0 Å². The fourth-order valence-electron chi connectivity index (χ4n) is 4.04. The molecule has 7 heteroatoms. The molecule has 1 unspecified atom stereocenters. The molecule has 0 saturated carbocycles. The molecular weight excluding hydrogens is 440 g/mol. The second-order valence-corrected chi connectivity index (χ2v) is 9.22. The first kappa shape index (κ1) is 25.0. The molecule has 1 aliphatic rings. The number of ether oxygens (including phenoxy) is 1. The van der Waals surface area contributed by atoms with Gasteiger partial charge in [0.25, 0.3) is 5.91 Å². The molecule has 0 aliphatic carbocycles. The summed E-state index contributed by atoms with van der Waals surface area (Å²) < 4.78 is 11.2. The van der Waals surface area contributed by atoms with Gasteiger partial charge in [-0.1, -0.05) is 57.2 Å². The highest BCUT2D eigenvalue weighted by molar-refractivity contribution is 5.93. The predicted molar refractivity (Wildman–Crippen MR) is 132 cm³/mol. The van der Waals surface area contributed by atoms with Gasteiger partial charge in [-0.05, 0) is 28.7 Å². The van der Waals surface area contributed by atoms with Crippen LogP contribution in [0.3, 0.4) is 0 Å². The van der Waals surface area contributed by atoms with Crippen LogP contribution in [0.2, 0.25) is 0 Å². The van der Waals surface area contributed by atoms with Crippen molar-refractivity contribution >= 4 is 29.3 Å². The summed E-state index contributed by atoms with van der Waals surface area (Å²) in [6.45, 7) is 9.93. The fraction of sp³-hybridized carbons (Fsp3) is 0.385. The first-order chi connectivity index (χ1) is 15.3. The summed E-state index contributed by atoms with van der Waals surface area (Å²) in [5, 5.41) is 3.44. The molecule has 4 rings (SSSR count). The van der Waals surface area contributed by atoms with Gasteiger partial charge in [0, 0.05) is 25.7 Å². The van der Waals surface area contributed by atoms with Crippen LogP contribution in [0, 0.1) is 0 Å². The molecule has 1 atom stereocenters. The van der Waals surface area contributed by atoms with E-state index in [2.05, 4.69) is 55.3 Å². The third kappa shape index (κ3) is 5.82. The lowest BCUT2D eigenvalue weighted by Gasteiger charge is -2.35. The minimum absolute atomic E-state index is 0. The van der Waals surface area contributed by atoms with Crippen molar-refractivity contribution in [1.82, 2.24) is 10.2 Å². The minimum atomic E-state index is -0.391. The number of nitrogens with one attached hydrogen (secondary N) is 1. The maximum absolute atomic E-state index is 12.9. The number of rotatable bonds is 5. The zero-order chi connectivity index (χ0) is 22.7.